The van der Waals surface area contributed by atoms with Gasteiger partial charge in [0, 0.05) is 39.0 Å². The molecule has 1 aliphatic carbocycles. The number of benzene rings is 1. The number of carbonyl (C=O) groups is 1. The Balaban J connectivity index is 1.53. The topological polar surface area (TPSA) is 48.4 Å². The number of esters is 1. The molecule has 4 rings (SSSR count). The molecule has 0 N–H and O–H groups in total. The fraction of sp³-hybridized carbons (Fsp3) is 0.304. The molecule has 2 heterocycles. The highest BCUT2D eigenvalue weighted by Crippen LogP contribution is 2.43. The number of hydrogen-bond acceptors (Lipinski definition) is 5. The summed E-state index contributed by atoms with van der Waals surface area (Å²) in [6.45, 7) is 7.67. The Morgan fingerprint density at radius 3 is 2.82 bits per heavy atom. The molecule has 28 heavy (non-hydrogen) atoms. The average Bonchev–Trinajstić information content (AvgIpc) is 3.24. The van der Waals surface area contributed by atoms with Crippen molar-refractivity contribution in [1.82, 2.24) is 4.98 Å². The van der Waals surface area contributed by atoms with Gasteiger partial charge in [0.1, 0.15) is 18.0 Å². The molecule has 0 radical (unpaired) electrons. The lowest BCUT2D eigenvalue weighted by Gasteiger charge is -2.32. The summed E-state index contributed by atoms with van der Waals surface area (Å²) in [7, 11) is 0. The van der Waals surface area contributed by atoms with E-state index in [-0.39, 0.29) is 23.6 Å². The third kappa shape index (κ3) is 3.54. The predicted molar refractivity (Wildman–Crippen MR) is 113 cm³/mol. The van der Waals surface area contributed by atoms with Crippen LogP contribution in [-0.2, 0) is 9.53 Å². The molecule has 2 unspecified atom stereocenters. The minimum Gasteiger partial charge on any atom is -0.490 e. The van der Waals surface area contributed by atoms with Crippen LogP contribution in [0.25, 0.3) is 20.5 Å². The zero-order valence-corrected chi connectivity index (χ0v) is 16.9. The SMILES string of the molecule is C=CC(=O)OC1CCC(Oc2ccc3cc(-c4cccnc4)sc3c2)C1(C)C. The van der Waals surface area contributed by atoms with Crippen molar-refractivity contribution in [2.45, 2.75) is 38.9 Å². The quantitative estimate of drug-likeness (QED) is 0.416. The summed E-state index contributed by atoms with van der Waals surface area (Å²) in [5, 5.41) is 1.19. The predicted octanol–water partition coefficient (Wildman–Crippen LogP) is 5.63. The highest BCUT2D eigenvalue weighted by Gasteiger charge is 2.47. The number of pyridine rings is 1. The zero-order valence-electron chi connectivity index (χ0n) is 16.1. The molecule has 0 bridgehead atoms. The Bertz CT molecular complexity index is 1010. The maximum absolute atomic E-state index is 11.6. The Labute approximate surface area is 168 Å². The fourth-order valence-corrected chi connectivity index (χ4v) is 4.85. The van der Waals surface area contributed by atoms with Crippen LogP contribution >= 0.6 is 11.3 Å². The van der Waals surface area contributed by atoms with E-state index >= 15 is 0 Å². The highest BCUT2D eigenvalue weighted by molar-refractivity contribution is 7.22. The number of nitrogens with zero attached hydrogens (tertiary/aromatic N) is 1. The summed E-state index contributed by atoms with van der Waals surface area (Å²) in [6.07, 6.45) is 6.36. The Hall–Kier alpha value is -2.66. The van der Waals surface area contributed by atoms with Crippen LogP contribution in [0.15, 0.2) is 61.4 Å². The van der Waals surface area contributed by atoms with Crippen LogP contribution in [0.5, 0.6) is 5.75 Å². The minimum absolute atomic E-state index is 0.00896. The minimum atomic E-state index is -0.373. The standard InChI is InChI=1S/C23H23NO3S/c1-4-22(25)27-21-10-9-20(23(21,2)3)26-17-8-7-15-12-18(28-19(15)13-17)16-6-5-11-24-14-16/h4-8,11-14,20-21H,1,9-10H2,2-3H3. The van der Waals surface area contributed by atoms with E-state index in [1.165, 1.54) is 21.0 Å². The zero-order chi connectivity index (χ0) is 19.7. The van der Waals surface area contributed by atoms with E-state index in [9.17, 15) is 4.79 Å². The van der Waals surface area contributed by atoms with E-state index in [1.807, 2.05) is 18.3 Å². The molecule has 0 saturated heterocycles. The van der Waals surface area contributed by atoms with Crippen LogP contribution in [0, 0.1) is 5.41 Å². The van der Waals surface area contributed by atoms with Crippen LogP contribution in [-0.4, -0.2) is 23.2 Å². The molecule has 1 aliphatic rings. The largest absolute Gasteiger partial charge is 0.490 e. The van der Waals surface area contributed by atoms with Crippen molar-refractivity contribution in [2.75, 3.05) is 0 Å². The van der Waals surface area contributed by atoms with Gasteiger partial charge in [-0.3, -0.25) is 4.98 Å². The van der Waals surface area contributed by atoms with Crippen LogP contribution in [0.1, 0.15) is 26.7 Å². The first-order valence-corrected chi connectivity index (χ1v) is 10.2. The molecule has 0 amide bonds. The third-order valence-electron chi connectivity index (χ3n) is 5.49. The summed E-state index contributed by atoms with van der Waals surface area (Å²) in [4.78, 5) is 17.0. The van der Waals surface area contributed by atoms with Gasteiger partial charge in [0.05, 0.1) is 0 Å². The summed E-state index contributed by atoms with van der Waals surface area (Å²) < 4.78 is 13.0. The van der Waals surface area contributed by atoms with E-state index in [0.29, 0.717) is 0 Å². The molecule has 2 atom stereocenters. The van der Waals surface area contributed by atoms with Gasteiger partial charge in [-0.2, -0.15) is 0 Å². The second-order valence-corrected chi connectivity index (χ2v) is 8.77. The van der Waals surface area contributed by atoms with Crippen molar-refractivity contribution in [3.63, 3.8) is 0 Å². The lowest BCUT2D eigenvalue weighted by Crippen LogP contribution is -2.38. The lowest BCUT2D eigenvalue weighted by molar-refractivity contribution is -0.148. The van der Waals surface area contributed by atoms with Crippen molar-refractivity contribution in [3.8, 4) is 16.2 Å². The second-order valence-electron chi connectivity index (χ2n) is 7.69. The smallest absolute Gasteiger partial charge is 0.330 e. The first-order chi connectivity index (χ1) is 13.5. The maximum Gasteiger partial charge on any atom is 0.330 e. The van der Waals surface area contributed by atoms with E-state index in [0.717, 1.165) is 24.2 Å². The van der Waals surface area contributed by atoms with Gasteiger partial charge in [0.2, 0.25) is 0 Å². The van der Waals surface area contributed by atoms with Crippen molar-refractivity contribution in [2.24, 2.45) is 5.41 Å². The summed E-state index contributed by atoms with van der Waals surface area (Å²) in [6, 6.07) is 12.4. The molecule has 1 saturated carbocycles. The van der Waals surface area contributed by atoms with Gasteiger partial charge in [-0.1, -0.05) is 26.5 Å². The molecule has 144 valence electrons. The Morgan fingerprint density at radius 2 is 2.07 bits per heavy atom. The van der Waals surface area contributed by atoms with Crippen molar-refractivity contribution in [3.05, 3.63) is 61.4 Å². The average molecular weight is 394 g/mol. The monoisotopic (exact) mass is 393 g/mol. The maximum atomic E-state index is 11.6. The first-order valence-electron chi connectivity index (χ1n) is 9.41. The molecule has 4 nitrogen and oxygen atoms in total. The first kappa shape index (κ1) is 18.7. The molecule has 5 heteroatoms. The lowest BCUT2D eigenvalue weighted by atomic mass is 9.87. The van der Waals surface area contributed by atoms with Crippen molar-refractivity contribution >= 4 is 27.4 Å². The number of thiophene rings is 1. The van der Waals surface area contributed by atoms with Crippen LogP contribution in [0.4, 0.5) is 0 Å². The molecule has 0 aliphatic heterocycles. The van der Waals surface area contributed by atoms with E-state index in [4.69, 9.17) is 9.47 Å². The van der Waals surface area contributed by atoms with E-state index < -0.39 is 0 Å². The fourth-order valence-electron chi connectivity index (χ4n) is 3.76. The Kier molecular flexibility index (Phi) is 4.94. The van der Waals surface area contributed by atoms with Gasteiger partial charge in [-0.05, 0) is 48.6 Å². The molecular formula is C23H23NO3S. The van der Waals surface area contributed by atoms with Gasteiger partial charge < -0.3 is 9.47 Å². The van der Waals surface area contributed by atoms with Gasteiger partial charge in [-0.15, -0.1) is 11.3 Å². The molecule has 3 aromatic rings. The van der Waals surface area contributed by atoms with Crippen molar-refractivity contribution in [1.29, 1.82) is 0 Å². The van der Waals surface area contributed by atoms with Gasteiger partial charge in [0.15, 0.2) is 0 Å². The Morgan fingerprint density at radius 1 is 1.25 bits per heavy atom. The normalized spacial score (nSPS) is 20.8. The van der Waals surface area contributed by atoms with E-state index in [1.54, 1.807) is 17.5 Å². The third-order valence-corrected chi connectivity index (χ3v) is 6.64. The summed E-state index contributed by atoms with van der Waals surface area (Å²) in [5.41, 5.74) is 0.860. The van der Waals surface area contributed by atoms with Gasteiger partial charge >= 0.3 is 5.97 Å². The second kappa shape index (κ2) is 7.40. The molecular weight excluding hydrogens is 370 g/mol. The molecule has 1 aromatic carbocycles. The summed E-state index contributed by atoms with van der Waals surface area (Å²) >= 11 is 1.73. The number of hydrogen-bond donors (Lipinski definition) is 0. The van der Waals surface area contributed by atoms with Crippen molar-refractivity contribution < 1.29 is 14.3 Å². The molecule has 2 aromatic heterocycles. The highest BCUT2D eigenvalue weighted by atomic mass is 32.1. The van der Waals surface area contributed by atoms with E-state index in [2.05, 4.69) is 49.7 Å². The number of ether oxygens (including phenoxy) is 2. The molecule has 0 spiro atoms. The van der Waals surface area contributed by atoms with Gasteiger partial charge in [-0.25, -0.2) is 4.79 Å². The number of rotatable bonds is 5. The van der Waals surface area contributed by atoms with Crippen LogP contribution in [0.3, 0.4) is 0 Å². The van der Waals surface area contributed by atoms with Crippen LogP contribution in [0.2, 0.25) is 0 Å². The number of aromatic nitrogens is 1. The summed E-state index contributed by atoms with van der Waals surface area (Å²) in [5.74, 6) is 0.475. The number of fused-ring (bicyclic) bond motifs is 1. The number of carbonyl (C=O) groups excluding carboxylic acids is 1. The van der Waals surface area contributed by atoms with Crippen LogP contribution < -0.4 is 4.74 Å². The van der Waals surface area contributed by atoms with Gasteiger partial charge in [0.25, 0.3) is 0 Å². The molecule has 1 fully saturated rings.